The lowest BCUT2D eigenvalue weighted by molar-refractivity contribution is -0.116. The zero-order valence-corrected chi connectivity index (χ0v) is 16.7. The van der Waals surface area contributed by atoms with Crippen molar-refractivity contribution in [2.45, 2.75) is 20.3 Å². The molecule has 0 radical (unpaired) electrons. The van der Waals surface area contributed by atoms with E-state index in [-0.39, 0.29) is 5.91 Å². The van der Waals surface area contributed by atoms with Crippen molar-refractivity contribution in [3.8, 4) is 22.6 Å². The van der Waals surface area contributed by atoms with Crippen molar-refractivity contribution in [2.24, 2.45) is 0 Å². The predicted molar refractivity (Wildman–Crippen MR) is 112 cm³/mol. The van der Waals surface area contributed by atoms with Gasteiger partial charge in [-0.3, -0.25) is 4.79 Å². The average Bonchev–Trinajstić information content (AvgIpc) is 3.14. The van der Waals surface area contributed by atoms with E-state index in [1.807, 2.05) is 50.2 Å². The molecular weight excluding hydrogens is 354 g/mol. The first kappa shape index (κ1) is 19.5. The van der Waals surface area contributed by atoms with Gasteiger partial charge >= 0.3 is 0 Å². The highest BCUT2D eigenvalue weighted by molar-refractivity contribution is 6.00. The second-order valence-electron chi connectivity index (χ2n) is 6.54. The van der Waals surface area contributed by atoms with E-state index in [0.717, 1.165) is 45.4 Å². The molecule has 1 amide bonds. The Balaban J connectivity index is 2.05. The van der Waals surface area contributed by atoms with Crippen molar-refractivity contribution in [1.29, 1.82) is 0 Å². The molecule has 0 saturated carbocycles. The summed E-state index contributed by atoms with van der Waals surface area (Å²) in [6.07, 6.45) is 4.24. The number of rotatable bonds is 7. The van der Waals surface area contributed by atoms with Gasteiger partial charge < -0.3 is 19.2 Å². The molecule has 5 nitrogen and oxygen atoms in total. The molecule has 146 valence electrons. The van der Waals surface area contributed by atoms with Crippen LogP contribution in [0.2, 0.25) is 0 Å². The van der Waals surface area contributed by atoms with Crippen molar-refractivity contribution in [1.82, 2.24) is 5.32 Å². The highest BCUT2D eigenvalue weighted by atomic mass is 16.5. The maximum absolute atomic E-state index is 12.1. The predicted octanol–water partition coefficient (Wildman–Crippen LogP) is 5.05. The molecular formula is C23H25NO4. The number of fused-ring (bicyclic) bond motifs is 1. The van der Waals surface area contributed by atoms with Gasteiger partial charge in [-0.2, -0.15) is 0 Å². The van der Waals surface area contributed by atoms with Gasteiger partial charge in [0.2, 0.25) is 5.91 Å². The van der Waals surface area contributed by atoms with Crippen molar-refractivity contribution in [2.75, 3.05) is 20.8 Å². The summed E-state index contributed by atoms with van der Waals surface area (Å²) in [6.45, 7) is 4.58. The topological polar surface area (TPSA) is 60.7 Å². The Bertz CT molecular complexity index is 999. The van der Waals surface area contributed by atoms with E-state index < -0.39 is 0 Å². The number of benzene rings is 2. The molecule has 0 unspecified atom stereocenters. The molecule has 0 aliphatic carbocycles. The maximum Gasteiger partial charge on any atom is 0.244 e. The van der Waals surface area contributed by atoms with Crippen LogP contribution in [0.1, 0.15) is 25.8 Å². The quantitative estimate of drug-likeness (QED) is 0.584. The summed E-state index contributed by atoms with van der Waals surface area (Å²) in [5, 5.41) is 3.82. The molecule has 1 heterocycles. The molecule has 1 N–H and O–H groups in total. The maximum atomic E-state index is 12.1. The lowest BCUT2D eigenvalue weighted by Crippen LogP contribution is -2.21. The number of nitrogens with one attached hydrogen (secondary N) is 1. The SMILES string of the molecule is CCCNC(=O)/C=C(\C)c1cc2c(-c3ccc(OC)cc3)coc2cc1OC. The van der Waals surface area contributed by atoms with Crippen LogP contribution in [-0.2, 0) is 4.79 Å². The number of hydrogen-bond donors (Lipinski definition) is 1. The second kappa shape index (κ2) is 8.65. The number of allylic oxidation sites excluding steroid dienone is 1. The highest BCUT2D eigenvalue weighted by Gasteiger charge is 2.15. The Hall–Kier alpha value is -3.21. The van der Waals surface area contributed by atoms with Gasteiger partial charge in [-0.05, 0) is 42.7 Å². The van der Waals surface area contributed by atoms with Gasteiger partial charge in [-0.1, -0.05) is 19.1 Å². The van der Waals surface area contributed by atoms with Gasteiger partial charge in [0.1, 0.15) is 17.1 Å². The Morgan fingerprint density at radius 3 is 2.54 bits per heavy atom. The van der Waals surface area contributed by atoms with E-state index >= 15 is 0 Å². The van der Waals surface area contributed by atoms with Crippen LogP contribution < -0.4 is 14.8 Å². The minimum absolute atomic E-state index is 0.107. The summed E-state index contributed by atoms with van der Waals surface area (Å²) in [5.41, 5.74) is 4.42. The van der Waals surface area contributed by atoms with Gasteiger partial charge in [0.25, 0.3) is 0 Å². The first-order chi connectivity index (χ1) is 13.6. The van der Waals surface area contributed by atoms with Crippen molar-refractivity contribution >= 4 is 22.4 Å². The van der Waals surface area contributed by atoms with Crippen LogP contribution >= 0.6 is 0 Å². The molecule has 28 heavy (non-hydrogen) atoms. The largest absolute Gasteiger partial charge is 0.497 e. The number of methoxy groups -OCH3 is 2. The Morgan fingerprint density at radius 1 is 1.14 bits per heavy atom. The molecule has 0 aliphatic rings. The average molecular weight is 379 g/mol. The second-order valence-corrected chi connectivity index (χ2v) is 6.54. The minimum atomic E-state index is -0.107. The van der Waals surface area contributed by atoms with E-state index in [4.69, 9.17) is 13.9 Å². The van der Waals surface area contributed by atoms with Crippen molar-refractivity contribution in [3.05, 3.63) is 54.3 Å². The first-order valence-electron chi connectivity index (χ1n) is 9.27. The van der Waals surface area contributed by atoms with Crippen molar-refractivity contribution in [3.63, 3.8) is 0 Å². The molecule has 5 heteroatoms. The van der Waals surface area contributed by atoms with Gasteiger partial charge in [0.05, 0.1) is 20.5 Å². The molecule has 0 spiro atoms. The number of carbonyl (C=O) groups excluding carboxylic acids is 1. The fourth-order valence-corrected chi connectivity index (χ4v) is 3.10. The molecule has 3 rings (SSSR count). The lowest BCUT2D eigenvalue weighted by Gasteiger charge is -2.10. The zero-order valence-electron chi connectivity index (χ0n) is 16.7. The smallest absolute Gasteiger partial charge is 0.244 e. The van der Waals surface area contributed by atoms with Crippen LogP contribution in [0.3, 0.4) is 0 Å². The molecule has 2 aromatic carbocycles. The Labute approximate surface area is 164 Å². The molecule has 1 aromatic heterocycles. The monoisotopic (exact) mass is 379 g/mol. The normalized spacial score (nSPS) is 11.5. The summed E-state index contributed by atoms with van der Waals surface area (Å²) in [7, 11) is 3.26. The number of ether oxygens (including phenoxy) is 2. The van der Waals surface area contributed by atoms with Gasteiger partial charge in [-0.25, -0.2) is 0 Å². The summed E-state index contributed by atoms with van der Waals surface area (Å²) in [5.74, 6) is 1.36. The number of hydrogen-bond acceptors (Lipinski definition) is 4. The van der Waals surface area contributed by atoms with Crippen LogP contribution in [-0.4, -0.2) is 26.7 Å². The first-order valence-corrected chi connectivity index (χ1v) is 9.27. The lowest BCUT2D eigenvalue weighted by atomic mass is 9.99. The summed E-state index contributed by atoms with van der Waals surface area (Å²) >= 11 is 0. The zero-order chi connectivity index (χ0) is 20.1. The molecule has 0 atom stereocenters. The minimum Gasteiger partial charge on any atom is -0.497 e. The fraction of sp³-hybridized carbons (Fsp3) is 0.261. The van der Waals surface area contributed by atoms with Gasteiger partial charge in [-0.15, -0.1) is 0 Å². The van der Waals surface area contributed by atoms with E-state index in [9.17, 15) is 4.79 Å². The Kier molecular flexibility index (Phi) is 6.04. The van der Waals surface area contributed by atoms with E-state index in [0.29, 0.717) is 12.3 Å². The third-order valence-corrected chi connectivity index (χ3v) is 4.62. The Morgan fingerprint density at radius 2 is 1.89 bits per heavy atom. The van der Waals surface area contributed by atoms with Crippen molar-refractivity contribution < 1.29 is 18.7 Å². The van der Waals surface area contributed by atoms with E-state index in [1.54, 1.807) is 26.6 Å². The van der Waals surface area contributed by atoms with Crippen LogP contribution in [0.4, 0.5) is 0 Å². The standard InChI is InChI=1S/C23H25NO4/c1-5-10-24-23(25)11-15(2)18-12-19-20(14-28-22(19)13-21(18)27-4)16-6-8-17(26-3)9-7-16/h6-9,11-14H,5,10H2,1-4H3,(H,24,25)/b15-11+. The third-order valence-electron chi connectivity index (χ3n) is 4.62. The fourth-order valence-electron chi connectivity index (χ4n) is 3.10. The summed E-state index contributed by atoms with van der Waals surface area (Å²) < 4.78 is 16.5. The van der Waals surface area contributed by atoms with Gasteiger partial charge in [0.15, 0.2) is 0 Å². The molecule has 0 bridgehead atoms. The number of carbonyl (C=O) groups is 1. The molecule has 0 saturated heterocycles. The number of amides is 1. The van der Waals surface area contributed by atoms with E-state index in [1.165, 1.54) is 0 Å². The molecule has 3 aromatic rings. The van der Waals surface area contributed by atoms with Crippen LogP contribution in [0, 0.1) is 0 Å². The van der Waals surface area contributed by atoms with Crippen LogP contribution in [0.5, 0.6) is 11.5 Å². The number of furan rings is 1. The molecule has 0 aliphatic heterocycles. The molecule has 0 fully saturated rings. The third kappa shape index (κ3) is 4.03. The van der Waals surface area contributed by atoms with Crippen LogP contribution in [0.15, 0.2) is 53.2 Å². The summed E-state index contributed by atoms with van der Waals surface area (Å²) in [6, 6.07) is 11.7. The van der Waals surface area contributed by atoms with E-state index in [2.05, 4.69) is 5.32 Å². The summed E-state index contributed by atoms with van der Waals surface area (Å²) in [4.78, 5) is 12.1. The highest BCUT2D eigenvalue weighted by Crippen LogP contribution is 2.37. The van der Waals surface area contributed by atoms with Crippen LogP contribution in [0.25, 0.3) is 27.7 Å². The van der Waals surface area contributed by atoms with Gasteiger partial charge in [0, 0.05) is 35.2 Å².